The van der Waals surface area contributed by atoms with E-state index in [4.69, 9.17) is 10.5 Å². The number of hydrogen-bond acceptors (Lipinski definition) is 5. The van der Waals surface area contributed by atoms with Crippen LogP contribution in [0.4, 0.5) is 0 Å². The largest absolute Gasteiger partial charge is 0.385 e. The lowest BCUT2D eigenvalue weighted by molar-refractivity contribution is 0.190. The quantitative estimate of drug-likeness (QED) is 0.706. The van der Waals surface area contributed by atoms with Gasteiger partial charge in [0.05, 0.1) is 6.33 Å². The number of aromatic nitrogens is 4. The molecule has 1 atom stereocenters. The first kappa shape index (κ1) is 16.4. The van der Waals surface area contributed by atoms with Crippen LogP contribution in [-0.2, 0) is 24.9 Å². The van der Waals surface area contributed by atoms with Crippen molar-refractivity contribution in [1.82, 2.24) is 18.7 Å². The van der Waals surface area contributed by atoms with Crippen molar-refractivity contribution in [2.75, 3.05) is 13.7 Å². The molecule has 2 N–H and O–H groups in total. The Balaban J connectivity index is 2.56. The van der Waals surface area contributed by atoms with E-state index in [9.17, 15) is 9.59 Å². The van der Waals surface area contributed by atoms with Gasteiger partial charge < -0.3 is 15.0 Å². The van der Waals surface area contributed by atoms with Gasteiger partial charge in [0.2, 0.25) is 0 Å². The summed E-state index contributed by atoms with van der Waals surface area (Å²) in [5.41, 5.74) is 6.09. The van der Waals surface area contributed by atoms with Crippen LogP contribution in [0.15, 0.2) is 15.9 Å². The number of rotatable bonds is 7. The summed E-state index contributed by atoms with van der Waals surface area (Å²) in [5, 5.41) is 0. The van der Waals surface area contributed by atoms with Crippen LogP contribution in [0.3, 0.4) is 0 Å². The first-order chi connectivity index (χ1) is 10.5. The molecule has 0 aliphatic heterocycles. The molecule has 2 rings (SSSR count). The molecule has 22 heavy (non-hydrogen) atoms. The van der Waals surface area contributed by atoms with Crippen LogP contribution in [-0.4, -0.2) is 38.4 Å². The lowest BCUT2D eigenvalue weighted by Crippen LogP contribution is -2.39. The fourth-order valence-electron chi connectivity index (χ4n) is 2.39. The van der Waals surface area contributed by atoms with Gasteiger partial charge >= 0.3 is 5.69 Å². The molecule has 2 heterocycles. The number of fused-ring (bicyclic) bond motifs is 1. The van der Waals surface area contributed by atoms with Crippen molar-refractivity contribution in [3.63, 3.8) is 0 Å². The maximum atomic E-state index is 12.4. The average Bonchev–Trinajstić information content (AvgIpc) is 2.92. The Labute approximate surface area is 128 Å². The molecule has 0 radical (unpaired) electrons. The van der Waals surface area contributed by atoms with Gasteiger partial charge in [0.25, 0.3) is 5.56 Å². The molecule has 0 fully saturated rings. The molecular weight excluding hydrogens is 286 g/mol. The van der Waals surface area contributed by atoms with Crippen molar-refractivity contribution in [1.29, 1.82) is 0 Å². The van der Waals surface area contributed by atoms with Crippen LogP contribution in [0.25, 0.3) is 11.2 Å². The smallest absolute Gasteiger partial charge is 0.332 e. The van der Waals surface area contributed by atoms with Gasteiger partial charge in [-0.05, 0) is 12.8 Å². The summed E-state index contributed by atoms with van der Waals surface area (Å²) in [4.78, 5) is 29.0. The van der Waals surface area contributed by atoms with E-state index < -0.39 is 0 Å². The van der Waals surface area contributed by atoms with E-state index in [0.717, 1.165) is 11.0 Å². The molecule has 1 unspecified atom stereocenters. The molecule has 0 amide bonds. The Bertz CT molecular complexity index is 758. The van der Waals surface area contributed by atoms with Crippen molar-refractivity contribution in [2.45, 2.75) is 38.9 Å². The molecule has 0 saturated carbocycles. The zero-order chi connectivity index (χ0) is 16.3. The number of ether oxygens (including phenoxy) is 1. The summed E-state index contributed by atoms with van der Waals surface area (Å²) >= 11 is 0. The van der Waals surface area contributed by atoms with E-state index in [1.165, 1.54) is 11.6 Å². The van der Waals surface area contributed by atoms with E-state index >= 15 is 0 Å². The van der Waals surface area contributed by atoms with Crippen LogP contribution in [0.1, 0.15) is 19.8 Å². The molecule has 0 aromatic carbocycles. The zero-order valence-corrected chi connectivity index (χ0v) is 13.3. The summed E-state index contributed by atoms with van der Waals surface area (Å²) < 4.78 is 9.38. The van der Waals surface area contributed by atoms with Crippen molar-refractivity contribution < 1.29 is 4.74 Å². The maximum Gasteiger partial charge on any atom is 0.332 e. The highest BCUT2D eigenvalue weighted by atomic mass is 16.5. The van der Waals surface area contributed by atoms with E-state index in [2.05, 4.69) is 4.98 Å². The van der Waals surface area contributed by atoms with Gasteiger partial charge in [-0.2, -0.15) is 0 Å². The highest BCUT2D eigenvalue weighted by Gasteiger charge is 2.16. The first-order valence-electron chi connectivity index (χ1n) is 7.40. The third-order valence-corrected chi connectivity index (χ3v) is 3.78. The minimum Gasteiger partial charge on any atom is -0.385 e. The van der Waals surface area contributed by atoms with Crippen molar-refractivity contribution in [2.24, 2.45) is 12.8 Å². The molecule has 8 nitrogen and oxygen atoms in total. The first-order valence-corrected chi connectivity index (χ1v) is 7.40. The average molecular weight is 309 g/mol. The standard InChI is InChI=1S/C14H23N5O3/c1-4-10(15)8-18-9-16-12-11(18)13(20)17(2)14(21)19(12)6-5-7-22-3/h9-10H,4-8,15H2,1-3H3. The van der Waals surface area contributed by atoms with Gasteiger partial charge in [-0.3, -0.25) is 13.9 Å². The second-order valence-corrected chi connectivity index (χ2v) is 5.38. The number of methoxy groups -OCH3 is 1. The Morgan fingerprint density at radius 1 is 1.41 bits per heavy atom. The topological polar surface area (TPSA) is 97.1 Å². The van der Waals surface area contributed by atoms with Crippen molar-refractivity contribution >= 4 is 11.2 Å². The Morgan fingerprint density at radius 2 is 2.14 bits per heavy atom. The fourth-order valence-corrected chi connectivity index (χ4v) is 2.39. The molecule has 0 aliphatic carbocycles. The predicted octanol–water partition coefficient (Wildman–Crippen LogP) is -0.329. The molecule has 122 valence electrons. The van der Waals surface area contributed by atoms with E-state index in [1.54, 1.807) is 18.0 Å². The molecule has 0 spiro atoms. The molecular formula is C14H23N5O3. The third kappa shape index (κ3) is 2.97. The van der Waals surface area contributed by atoms with Crippen LogP contribution in [0.2, 0.25) is 0 Å². The number of imidazole rings is 1. The molecule has 2 aromatic rings. The van der Waals surface area contributed by atoms with Gasteiger partial charge in [0, 0.05) is 39.9 Å². The van der Waals surface area contributed by atoms with Gasteiger partial charge in [0.15, 0.2) is 11.2 Å². The second-order valence-electron chi connectivity index (χ2n) is 5.38. The fraction of sp³-hybridized carbons (Fsp3) is 0.643. The second kappa shape index (κ2) is 6.89. The minimum atomic E-state index is -0.362. The van der Waals surface area contributed by atoms with Crippen LogP contribution >= 0.6 is 0 Å². The Kier molecular flexibility index (Phi) is 5.15. The molecule has 0 bridgehead atoms. The summed E-state index contributed by atoms with van der Waals surface area (Å²) in [7, 11) is 3.09. The minimum absolute atomic E-state index is 0.0593. The van der Waals surface area contributed by atoms with Gasteiger partial charge in [0.1, 0.15) is 0 Å². The number of nitrogens with zero attached hydrogens (tertiary/aromatic N) is 4. The van der Waals surface area contributed by atoms with Gasteiger partial charge in [-0.15, -0.1) is 0 Å². The van der Waals surface area contributed by atoms with Gasteiger partial charge in [-0.25, -0.2) is 9.78 Å². The summed E-state index contributed by atoms with van der Waals surface area (Å²) in [6.45, 7) is 3.48. The highest BCUT2D eigenvalue weighted by molar-refractivity contribution is 5.70. The summed E-state index contributed by atoms with van der Waals surface area (Å²) in [5.74, 6) is 0. The lowest BCUT2D eigenvalue weighted by atomic mass is 10.2. The maximum absolute atomic E-state index is 12.4. The van der Waals surface area contributed by atoms with Crippen LogP contribution in [0, 0.1) is 0 Å². The lowest BCUT2D eigenvalue weighted by Gasteiger charge is -2.12. The number of hydrogen-bond donors (Lipinski definition) is 1. The highest BCUT2D eigenvalue weighted by Crippen LogP contribution is 2.08. The Morgan fingerprint density at radius 3 is 2.77 bits per heavy atom. The van der Waals surface area contributed by atoms with Crippen LogP contribution in [0.5, 0.6) is 0 Å². The number of nitrogens with two attached hydrogens (primary N) is 1. The SMILES string of the molecule is CCC(N)Cn1cnc2c1c(=O)n(C)c(=O)n2CCCOC. The van der Waals surface area contributed by atoms with Crippen molar-refractivity contribution in [3.8, 4) is 0 Å². The zero-order valence-electron chi connectivity index (χ0n) is 13.3. The third-order valence-electron chi connectivity index (χ3n) is 3.78. The summed E-state index contributed by atoms with van der Waals surface area (Å²) in [6, 6.07) is -0.0593. The van der Waals surface area contributed by atoms with E-state index in [-0.39, 0.29) is 17.3 Å². The predicted molar refractivity (Wildman–Crippen MR) is 84.0 cm³/mol. The summed E-state index contributed by atoms with van der Waals surface area (Å²) in [6.07, 6.45) is 3.05. The van der Waals surface area contributed by atoms with Crippen molar-refractivity contribution in [3.05, 3.63) is 27.2 Å². The molecule has 0 aliphatic rings. The van der Waals surface area contributed by atoms with E-state index in [0.29, 0.717) is 37.3 Å². The Hall–Kier alpha value is -1.93. The number of aryl methyl sites for hydroxylation is 1. The monoisotopic (exact) mass is 309 g/mol. The molecule has 2 aromatic heterocycles. The van der Waals surface area contributed by atoms with Gasteiger partial charge in [-0.1, -0.05) is 6.92 Å². The normalized spacial score (nSPS) is 12.9. The molecule has 0 saturated heterocycles. The van der Waals surface area contributed by atoms with Crippen LogP contribution < -0.4 is 17.0 Å². The molecule has 8 heteroatoms. The van der Waals surface area contributed by atoms with E-state index in [1.807, 2.05) is 6.92 Å².